The van der Waals surface area contributed by atoms with Gasteiger partial charge in [-0.25, -0.2) is 0 Å². The van der Waals surface area contributed by atoms with E-state index in [4.69, 9.17) is 25.8 Å². The molecule has 5 nitrogen and oxygen atoms in total. The average Bonchev–Trinajstić information content (AvgIpc) is 3.17. The van der Waals surface area contributed by atoms with Gasteiger partial charge in [0.15, 0.2) is 17.2 Å². The number of hydrogen-bond donors (Lipinski definition) is 1. The molecule has 0 unspecified atom stereocenters. The van der Waals surface area contributed by atoms with Gasteiger partial charge >= 0.3 is 0 Å². The molecule has 0 aromatic heterocycles. The molecule has 0 saturated carbocycles. The van der Waals surface area contributed by atoms with Crippen LogP contribution in [0.5, 0.6) is 23.0 Å². The maximum absolute atomic E-state index is 12.4. The highest BCUT2D eigenvalue weighted by Gasteiger charge is 2.14. The maximum atomic E-state index is 12.4. The van der Waals surface area contributed by atoms with Crippen LogP contribution in [0.1, 0.15) is 12.0 Å². The lowest BCUT2D eigenvalue weighted by molar-refractivity contribution is -0.116. The van der Waals surface area contributed by atoms with Gasteiger partial charge in [0, 0.05) is 6.42 Å². The summed E-state index contributed by atoms with van der Waals surface area (Å²) in [5, 5.41) is 3.42. The van der Waals surface area contributed by atoms with Crippen molar-refractivity contribution in [1.29, 1.82) is 0 Å². The maximum Gasteiger partial charge on any atom is 0.231 e. The summed E-state index contributed by atoms with van der Waals surface area (Å²) in [6.45, 7) is 0.238. The lowest BCUT2D eigenvalue weighted by Crippen LogP contribution is -2.13. The fourth-order valence-corrected chi connectivity index (χ4v) is 3.05. The Morgan fingerprint density at radius 1 is 0.964 bits per heavy atom. The summed E-state index contributed by atoms with van der Waals surface area (Å²) in [5.74, 6) is 2.42. The van der Waals surface area contributed by atoms with Crippen molar-refractivity contribution in [3.63, 3.8) is 0 Å². The zero-order chi connectivity index (χ0) is 19.3. The summed E-state index contributed by atoms with van der Waals surface area (Å²) >= 11 is 6.16. The zero-order valence-electron chi connectivity index (χ0n) is 15.0. The number of fused-ring (bicyclic) bond motifs is 1. The van der Waals surface area contributed by atoms with E-state index in [9.17, 15) is 4.79 Å². The van der Waals surface area contributed by atoms with Crippen LogP contribution in [-0.4, -0.2) is 12.7 Å². The number of para-hydroxylation sites is 3. The second-order valence-corrected chi connectivity index (χ2v) is 6.67. The number of carbonyl (C=O) groups is 1. The lowest BCUT2D eigenvalue weighted by Gasteiger charge is -2.13. The topological polar surface area (TPSA) is 56.8 Å². The third-order valence-corrected chi connectivity index (χ3v) is 4.61. The predicted molar refractivity (Wildman–Crippen MR) is 107 cm³/mol. The number of amides is 1. The first kappa shape index (κ1) is 18.2. The van der Waals surface area contributed by atoms with Crippen molar-refractivity contribution in [3.8, 4) is 23.0 Å². The highest BCUT2D eigenvalue weighted by molar-refractivity contribution is 6.32. The number of carbonyl (C=O) groups excluding carboxylic acids is 1. The van der Waals surface area contributed by atoms with E-state index in [1.54, 1.807) is 24.3 Å². The lowest BCUT2D eigenvalue weighted by atomic mass is 10.1. The summed E-state index contributed by atoms with van der Waals surface area (Å²) in [7, 11) is 0. The first-order chi connectivity index (χ1) is 13.7. The Morgan fingerprint density at radius 3 is 2.57 bits per heavy atom. The van der Waals surface area contributed by atoms with E-state index in [2.05, 4.69) is 5.32 Å². The molecule has 4 rings (SSSR count). The Hall–Kier alpha value is -3.18. The molecular weight excluding hydrogens is 378 g/mol. The van der Waals surface area contributed by atoms with Crippen molar-refractivity contribution in [2.45, 2.75) is 12.8 Å². The molecular formula is C22H18ClNO4. The highest BCUT2D eigenvalue weighted by Crippen LogP contribution is 2.34. The van der Waals surface area contributed by atoms with Crippen molar-refractivity contribution < 1.29 is 19.0 Å². The molecule has 1 amide bonds. The Balaban J connectivity index is 1.40. The summed E-state index contributed by atoms with van der Waals surface area (Å²) in [6, 6.07) is 20.2. The van der Waals surface area contributed by atoms with Gasteiger partial charge in [-0.2, -0.15) is 0 Å². The molecule has 0 fully saturated rings. The molecule has 142 valence electrons. The van der Waals surface area contributed by atoms with E-state index in [0.29, 0.717) is 35.1 Å². The SMILES string of the molecule is O=C(CCc1ccc2c(c1)OCO2)Nc1ccccc1Oc1ccccc1Cl. The molecule has 0 spiro atoms. The molecule has 3 aromatic carbocycles. The van der Waals surface area contributed by atoms with E-state index >= 15 is 0 Å². The minimum atomic E-state index is -0.104. The number of hydrogen-bond acceptors (Lipinski definition) is 4. The van der Waals surface area contributed by atoms with Crippen molar-refractivity contribution >= 4 is 23.2 Å². The van der Waals surface area contributed by atoms with Gasteiger partial charge in [0.25, 0.3) is 0 Å². The van der Waals surface area contributed by atoms with E-state index in [-0.39, 0.29) is 12.7 Å². The van der Waals surface area contributed by atoms with Crippen molar-refractivity contribution in [2.24, 2.45) is 0 Å². The van der Waals surface area contributed by atoms with Crippen molar-refractivity contribution in [3.05, 3.63) is 77.3 Å². The second kappa shape index (κ2) is 8.23. The number of ether oxygens (including phenoxy) is 3. The molecule has 0 radical (unpaired) electrons. The molecule has 1 aliphatic rings. The minimum absolute atomic E-state index is 0.104. The third kappa shape index (κ3) is 4.21. The van der Waals surface area contributed by atoms with Crippen LogP contribution in [0, 0.1) is 0 Å². The molecule has 0 saturated heterocycles. The van der Waals surface area contributed by atoms with Crippen LogP contribution >= 0.6 is 11.6 Å². The van der Waals surface area contributed by atoms with Crippen LogP contribution < -0.4 is 19.5 Å². The van der Waals surface area contributed by atoms with Crippen LogP contribution in [0.15, 0.2) is 66.7 Å². The number of benzene rings is 3. The van der Waals surface area contributed by atoms with Crippen LogP contribution in [0.2, 0.25) is 5.02 Å². The van der Waals surface area contributed by atoms with Gasteiger partial charge < -0.3 is 19.5 Å². The molecule has 6 heteroatoms. The normalized spacial score (nSPS) is 11.9. The Labute approximate surface area is 167 Å². The highest BCUT2D eigenvalue weighted by atomic mass is 35.5. The largest absolute Gasteiger partial charge is 0.454 e. The molecule has 1 N–H and O–H groups in total. The van der Waals surface area contributed by atoms with Crippen LogP contribution in [-0.2, 0) is 11.2 Å². The summed E-state index contributed by atoms with van der Waals surface area (Å²) < 4.78 is 16.6. The third-order valence-electron chi connectivity index (χ3n) is 4.30. The molecule has 0 aliphatic carbocycles. The summed E-state index contributed by atoms with van der Waals surface area (Å²) in [4.78, 5) is 12.4. The van der Waals surface area contributed by atoms with Gasteiger partial charge in [-0.15, -0.1) is 0 Å². The quantitative estimate of drug-likeness (QED) is 0.604. The first-order valence-corrected chi connectivity index (χ1v) is 9.26. The molecule has 1 aliphatic heterocycles. The Morgan fingerprint density at radius 2 is 1.71 bits per heavy atom. The average molecular weight is 396 g/mol. The van der Waals surface area contributed by atoms with Gasteiger partial charge in [0.2, 0.25) is 12.7 Å². The van der Waals surface area contributed by atoms with E-state index in [1.807, 2.05) is 42.5 Å². The molecule has 3 aromatic rings. The van der Waals surface area contributed by atoms with Crippen LogP contribution in [0.25, 0.3) is 0 Å². The van der Waals surface area contributed by atoms with Crippen LogP contribution in [0.3, 0.4) is 0 Å². The predicted octanol–water partition coefficient (Wildman–Crippen LogP) is 5.43. The van der Waals surface area contributed by atoms with E-state index in [1.165, 1.54) is 0 Å². The smallest absolute Gasteiger partial charge is 0.231 e. The Kier molecular flexibility index (Phi) is 5.35. The first-order valence-electron chi connectivity index (χ1n) is 8.89. The molecule has 28 heavy (non-hydrogen) atoms. The molecule has 1 heterocycles. The van der Waals surface area contributed by atoms with Gasteiger partial charge in [-0.1, -0.05) is 41.9 Å². The van der Waals surface area contributed by atoms with E-state index < -0.39 is 0 Å². The summed E-state index contributed by atoms with van der Waals surface area (Å²) in [6.07, 6.45) is 0.927. The van der Waals surface area contributed by atoms with Gasteiger partial charge in [-0.05, 0) is 48.4 Å². The zero-order valence-corrected chi connectivity index (χ0v) is 15.7. The van der Waals surface area contributed by atoms with Gasteiger partial charge in [0.05, 0.1) is 10.7 Å². The monoisotopic (exact) mass is 395 g/mol. The minimum Gasteiger partial charge on any atom is -0.454 e. The number of aryl methyl sites for hydroxylation is 1. The number of rotatable bonds is 6. The fourth-order valence-electron chi connectivity index (χ4n) is 2.87. The Bertz CT molecular complexity index is 1010. The van der Waals surface area contributed by atoms with Crippen molar-refractivity contribution in [1.82, 2.24) is 0 Å². The number of nitrogens with one attached hydrogen (secondary N) is 1. The van der Waals surface area contributed by atoms with Crippen LogP contribution in [0.4, 0.5) is 5.69 Å². The van der Waals surface area contributed by atoms with E-state index in [0.717, 1.165) is 17.1 Å². The number of halogens is 1. The van der Waals surface area contributed by atoms with Gasteiger partial charge in [0.1, 0.15) is 5.75 Å². The summed E-state index contributed by atoms with van der Waals surface area (Å²) in [5.41, 5.74) is 1.61. The second-order valence-electron chi connectivity index (χ2n) is 6.26. The molecule has 0 bridgehead atoms. The standard InChI is InChI=1S/C22H18ClNO4/c23-16-5-1-3-7-18(16)28-19-8-4-2-6-17(19)24-22(25)12-10-15-9-11-20-21(13-15)27-14-26-20/h1-9,11,13H,10,12,14H2,(H,24,25). The molecule has 0 atom stereocenters. The van der Waals surface area contributed by atoms with Gasteiger partial charge in [-0.3, -0.25) is 4.79 Å². The fraction of sp³-hybridized carbons (Fsp3) is 0.136. The van der Waals surface area contributed by atoms with Crippen molar-refractivity contribution in [2.75, 3.05) is 12.1 Å². The number of anilines is 1.